The van der Waals surface area contributed by atoms with Gasteiger partial charge in [-0.05, 0) is 31.0 Å². The lowest BCUT2D eigenvalue weighted by atomic mass is 10.1. The van der Waals surface area contributed by atoms with E-state index in [1.165, 1.54) is 13.0 Å². The van der Waals surface area contributed by atoms with Crippen molar-refractivity contribution in [3.63, 3.8) is 0 Å². The van der Waals surface area contributed by atoms with Crippen LogP contribution in [0, 0.1) is 6.92 Å². The van der Waals surface area contributed by atoms with Crippen molar-refractivity contribution in [2.45, 2.75) is 24.4 Å². The van der Waals surface area contributed by atoms with Crippen molar-refractivity contribution in [3.8, 4) is 0 Å². The SMILES string of the molecule is Cc1ccc(S(=O)(=O)N2CCC=C(F)C2)cc1C(F)(F)F. The van der Waals surface area contributed by atoms with Gasteiger partial charge >= 0.3 is 6.18 Å². The molecular weight excluding hydrogens is 310 g/mol. The Bertz CT molecular complexity index is 680. The minimum Gasteiger partial charge on any atom is -0.211 e. The second-order valence-electron chi connectivity index (χ2n) is 4.75. The highest BCUT2D eigenvalue weighted by Gasteiger charge is 2.35. The summed E-state index contributed by atoms with van der Waals surface area (Å²) in [6.07, 6.45) is -3.17. The zero-order valence-electron chi connectivity index (χ0n) is 11.1. The zero-order chi connectivity index (χ0) is 15.8. The molecule has 1 aliphatic heterocycles. The van der Waals surface area contributed by atoms with Crippen molar-refractivity contribution in [3.05, 3.63) is 41.2 Å². The molecule has 0 amide bonds. The normalized spacial score (nSPS) is 17.7. The number of benzene rings is 1. The van der Waals surface area contributed by atoms with Crippen LogP contribution in [0.25, 0.3) is 0 Å². The predicted molar refractivity (Wildman–Crippen MR) is 68.7 cm³/mol. The molecule has 2 rings (SSSR count). The fourth-order valence-corrected chi connectivity index (χ4v) is 3.54. The minimum absolute atomic E-state index is 0.0466. The highest BCUT2D eigenvalue weighted by molar-refractivity contribution is 7.89. The van der Waals surface area contributed by atoms with Gasteiger partial charge < -0.3 is 0 Å². The van der Waals surface area contributed by atoms with Crippen molar-refractivity contribution in [1.82, 2.24) is 4.31 Å². The molecule has 0 bridgehead atoms. The first kappa shape index (κ1) is 16.0. The first-order valence-corrected chi connectivity index (χ1v) is 7.59. The Kier molecular flexibility index (Phi) is 4.12. The number of hydrogen-bond acceptors (Lipinski definition) is 2. The van der Waals surface area contributed by atoms with E-state index in [0.717, 1.165) is 16.4 Å². The summed E-state index contributed by atoms with van der Waals surface area (Å²) in [6, 6.07) is 2.81. The van der Waals surface area contributed by atoms with E-state index in [9.17, 15) is 26.0 Å². The minimum atomic E-state index is -4.64. The summed E-state index contributed by atoms with van der Waals surface area (Å²) in [7, 11) is -4.14. The molecule has 0 aromatic heterocycles. The third-order valence-corrected chi connectivity index (χ3v) is 5.07. The molecule has 0 fully saturated rings. The predicted octanol–water partition coefficient (Wildman–Crippen LogP) is 3.26. The highest BCUT2D eigenvalue weighted by Crippen LogP contribution is 2.34. The van der Waals surface area contributed by atoms with E-state index in [2.05, 4.69) is 0 Å². The number of sulfonamides is 1. The van der Waals surface area contributed by atoms with Gasteiger partial charge in [-0.15, -0.1) is 0 Å². The van der Waals surface area contributed by atoms with Gasteiger partial charge in [-0.1, -0.05) is 12.1 Å². The van der Waals surface area contributed by atoms with Crippen LogP contribution >= 0.6 is 0 Å². The van der Waals surface area contributed by atoms with E-state index in [-0.39, 0.29) is 18.5 Å². The lowest BCUT2D eigenvalue weighted by Gasteiger charge is -2.24. The topological polar surface area (TPSA) is 37.4 Å². The molecule has 0 saturated carbocycles. The molecule has 21 heavy (non-hydrogen) atoms. The summed E-state index contributed by atoms with van der Waals surface area (Å²) in [6.45, 7) is 0.852. The molecule has 0 atom stereocenters. The van der Waals surface area contributed by atoms with Gasteiger partial charge in [0, 0.05) is 6.54 Å². The van der Waals surface area contributed by atoms with Gasteiger partial charge in [-0.3, -0.25) is 0 Å². The van der Waals surface area contributed by atoms with E-state index >= 15 is 0 Å². The van der Waals surface area contributed by atoms with Crippen LogP contribution in [0.4, 0.5) is 17.6 Å². The van der Waals surface area contributed by atoms with Crippen molar-refractivity contribution in [2.75, 3.05) is 13.1 Å². The van der Waals surface area contributed by atoms with E-state index in [4.69, 9.17) is 0 Å². The summed E-state index contributed by atoms with van der Waals surface area (Å²) in [4.78, 5) is -0.477. The molecule has 0 radical (unpaired) electrons. The molecule has 1 aliphatic rings. The fraction of sp³-hybridized carbons (Fsp3) is 0.385. The standard InChI is InChI=1S/C13H13F4NO2S/c1-9-4-5-11(7-12(9)13(15,16)17)21(19,20)18-6-2-3-10(14)8-18/h3-5,7H,2,6,8H2,1H3. The number of aryl methyl sites for hydroxylation is 1. The quantitative estimate of drug-likeness (QED) is 0.784. The van der Waals surface area contributed by atoms with E-state index in [1.54, 1.807) is 0 Å². The molecule has 0 N–H and O–H groups in total. The molecule has 1 aromatic carbocycles. The van der Waals surface area contributed by atoms with Gasteiger partial charge in [0.25, 0.3) is 0 Å². The average Bonchev–Trinajstić information content (AvgIpc) is 2.37. The summed E-state index contributed by atoms with van der Waals surface area (Å²) in [5.74, 6) is -0.604. The number of halogens is 4. The molecule has 0 saturated heterocycles. The number of rotatable bonds is 2. The van der Waals surface area contributed by atoms with Crippen LogP contribution in [0.3, 0.4) is 0 Å². The third-order valence-electron chi connectivity index (χ3n) is 3.22. The van der Waals surface area contributed by atoms with Crippen molar-refractivity contribution in [1.29, 1.82) is 0 Å². The van der Waals surface area contributed by atoms with Crippen molar-refractivity contribution >= 4 is 10.0 Å². The van der Waals surface area contributed by atoms with Gasteiger partial charge in [0.1, 0.15) is 5.83 Å². The van der Waals surface area contributed by atoms with Gasteiger partial charge in [-0.25, -0.2) is 12.8 Å². The molecule has 116 valence electrons. The van der Waals surface area contributed by atoms with Gasteiger partial charge in [0.2, 0.25) is 10.0 Å². The van der Waals surface area contributed by atoms with Gasteiger partial charge in [0.15, 0.2) is 0 Å². The fourth-order valence-electron chi connectivity index (χ4n) is 2.10. The van der Waals surface area contributed by atoms with Crippen LogP contribution in [-0.2, 0) is 16.2 Å². The lowest BCUT2D eigenvalue weighted by molar-refractivity contribution is -0.138. The Morgan fingerprint density at radius 3 is 2.48 bits per heavy atom. The smallest absolute Gasteiger partial charge is 0.211 e. The Morgan fingerprint density at radius 2 is 1.90 bits per heavy atom. The molecular formula is C13H13F4NO2S. The van der Waals surface area contributed by atoms with E-state index < -0.39 is 39.0 Å². The first-order valence-electron chi connectivity index (χ1n) is 6.15. The largest absolute Gasteiger partial charge is 0.416 e. The maximum atomic E-state index is 13.2. The van der Waals surface area contributed by atoms with Crippen LogP contribution in [-0.4, -0.2) is 25.8 Å². The molecule has 3 nitrogen and oxygen atoms in total. The second kappa shape index (κ2) is 5.42. The second-order valence-corrected chi connectivity index (χ2v) is 6.69. The summed E-state index contributed by atoms with van der Waals surface area (Å²) in [5, 5.41) is 0. The molecule has 0 spiro atoms. The number of nitrogens with zero attached hydrogens (tertiary/aromatic N) is 1. The molecule has 0 aliphatic carbocycles. The summed E-state index contributed by atoms with van der Waals surface area (Å²) >= 11 is 0. The van der Waals surface area contributed by atoms with Crippen LogP contribution < -0.4 is 0 Å². The van der Waals surface area contributed by atoms with Crippen LogP contribution in [0.1, 0.15) is 17.5 Å². The van der Waals surface area contributed by atoms with Gasteiger partial charge in [0.05, 0.1) is 17.0 Å². The first-order chi connectivity index (χ1) is 9.62. The summed E-state index contributed by atoms with van der Waals surface area (Å²) in [5.41, 5.74) is -1.07. The highest BCUT2D eigenvalue weighted by atomic mass is 32.2. The Hall–Kier alpha value is -1.41. The third kappa shape index (κ3) is 3.26. The monoisotopic (exact) mass is 323 g/mol. The maximum absolute atomic E-state index is 13.2. The summed E-state index contributed by atoms with van der Waals surface area (Å²) < 4.78 is 77.1. The van der Waals surface area contributed by atoms with Crippen molar-refractivity contribution < 1.29 is 26.0 Å². The van der Waals surface area contributed by atoms with Crippen molar-refractivity contribution in [2.24, 2.45) is 0 Å². The molecule has 0 unspecified atom stereocenters. The Morgan fingerprint density at radius 1 is 1.24 bits per heavy atom. The molecule has 1 heterocycles. The molecule has 8 heteroatoms. The molecule has 1 aromatic rings. The Labute approximate surface area is 119 Å². The maximum Gasteiger partial charge on any atom is 0.416 e. The lowest BCUT2D eigenvalue weighted by Crippen LogP contribution is -2.35. The van der Waals surface area contributed by atoms with Gasteiger partial charge in [-0.2, -0.15) is 17.5 Å². The number of hydrogen-bond donors (Lipinski definition) is 0. The Balaban J connectivity index is 2.44. The number of alkyl halides is 3. The zero-order valence-corrected chi connectivity index (χ0v) is 11.9. The van der Waals surface area contributed by atoms with Crippen LogP contribution in [0.2, 0.25) is 0 Å². The van der Waals surface area contributed by atoms with E-state index in [0.29, 0.717) is 6.07 Å². The van der Waals surface area contributed by atoms with Crippen LogP contribution in [0.5, 0.6) is 0 Å². The average molecular weight is 323 g/mol. The van der Waals surface area contributed by atoms with E-state index in [1.807, 2.05) is 0 Å². The van der Waals surface area contributed by atoms with Crippen LogP contribution in [0.15, 0.2) is 35.0 Å².